The smallest absolute Gasteiger partial charge is 0.234 e. The summed E-state index contributed by atoms with van der Waals surface area (Å²) in [6.07, 6.45) is 0. The summed E-state index contributed by atoms with van der Waals surface area (Å²) in [5, 5.41) is 6.13. The van der Waals surface area contributed by atoms with Crippen molar-refractivity contribution in [2.45, 2.75) is 13.8 Å². The van der Waals surface area contributed by atoms with E-state index < -0.39 is 0 Å². The zero-order valence-electron chi connectivity index (χ0n) is 16.0. The molecule has 0 atom stereocenters. The summed E-state index contributed by atoms with van der Waals surface area (Å²) in [5.41, 5.74) is 2.06. The molecular weight excluding hydrogens is 400 g/mol. The first-order valence-corrected chi connectivity index (χ1v) is 10.2. The number of aryl methyl sites for hydroxylation is 1. The first-order valence-electron chi connectivity index (χ1n) is 8.67. The van der Waals surface area contributed by atoms with Gasteiger partial charge in [-0.25, -0.2) is 0 Å². The lowest BCUT2D eigenvalue weighted by Gasteiger charge is -2.12. The highest BCUT2D eigenvalue weighted by molar-refractivity contribution is 8.00. The number of carbonyl (C=O) groups excluding carboxylic acids is 2. The maximum atomic E-state index is 12.1. The van der Waals surface area contributed by atoms with Crippen molar-refractivity contribution in [2.24, 2.45) is 0 Å². The topological polar surface area (TPSA) is 76.7 Å². The van der Waals surface area contributed by atoms with Gasteiger partial charge < -0.3 is 20.1 Å². The van der Waals surface area contributed by atoms with Gasteiger partial charge in [0.1, 0.15) is 11.5 Å². The fourth-order valence-electron chi connectivity index (χ4n) is 2.35. The first-order chi connectivity index (χ1) is 13.4. The fourth-order valence-corrected chi connectivity index (χ4v) is 3.12. The van der Waals surface area contributed by atoms with E-state index in [0.717, 1.165) is 11.3 Å². The Kier molecular flexibility index (Phi) is 8.47. The molecule has 28 heavy (non-hydrogen) atoms. The molecule has 2 amide bonds. The van der Waals surface area contributed by atoms with Crippen molar-refractivity contribution in [2.75, 3.05) is 35.9 Å². The van der Waals surface area contributed by atoms with Crippen LogP contribution in [0.4, 0.5) is 11.4 Å². The van der Waals surface area contributed by atoms with Crippen LogP contribution in [-0.2, 0) is 9.59 Å². The van der Waals surface area contributed by atoms with E-state index in [4.69, 9.17) is 21.1 Å². The van der Waals surface area contributed by atoms with Gasteiger partial charge in [0.05, 0.1) is 30.9 Å². The zero-order chi connectivity index (χ0) is 20.5. The van der Waals surface area contributed by atoms with Gasteiger partial charge >= 0.3 is 0 Å². The number of carbonyl (C=O) groups is 2. The molecule has 0 aliphatic rings. The largest absolute Gasteiger partial charge is 0.495 e. The van der Waals surface area contributed by atoms with Gasteiger partial charge in [-0.3, -0.25) is 9.59 Å². The summed E-state index contributed by atoms with van der Waals surface area (Å²) in [5.74, 6) is 1.14. The molecule has 0 fully saturated rings. The third-order valence-electron chi connectivity index (χ3n) is 3.67. The van der Waals surface area contributed by atoms with Crippen molar-refractivity contribution < 1.29 is 19.1 Å². The Morgan fingerprint density at radius 3 is 2.32 bits per heavy atom. The van der Waals surface area contributed by atoms with Gasteiger partial charge in [-0.1, -0.05) is 11.6 Å². The van der Waals surface area contributed by atoms with Crippen LogP contribution in [0, 0.1) is 6.92 Å². The number of ether oxygens (including phenoxy) is 2. The molecule has 0 saturated carbocycles. The van der Waals surface area contributed by atoms with Crippen molar-refractivity contribution in [3.63, 3.8) is 0 Å². The van der Waals surface area contributed by atoms with Crippen LogP contribution < -0.4 is 20.1 Å². The van der Waals surface area contributed by atoms with E-state index in [2.05, 4.69) is 10.6 Å². The summed E-state index contributed by atoms with van der Waals surface area (Å²) >= 11 is 7.29. The molecule has 0 bridgehead atoms. The van der Waals surface area contributed by atoms with Gasteiger partial charge in [0, 0.05) is 16.8 Å². The lowest BCUT2D eigenvalue weighted by atomic mass is 10.2. The number of nitrogens with one attached hydrogen (secondary N) is 2. The second-order valence-corrected chi connectivity index (χ2v) is 7.24. The lowest BCUT2D eigenvalue weighted by Crippen LogP contribution is -2.18. The van der Waals surface area contributed by atoms with E-state index in [1.807, 2.05) is 13.8 Å². The molecule has 0 aliphatic heterocycles. The van der Waals surface area contributed by atoms with Crippen LogP contribution in [0.2, 0.25) is 5.02 Å². The number of rotatable bonds is 9. The second-order valence-electron chi connectivity index (χ2n) is 5.85. The number of methoxy groups -OCH3 is 1. The average molecular weight is 423 g/mol. The SMILES string of the molecule is CCOc1ccc(NC(=O)CSCC(=O)Nc2cc(C)c(Cl)cc2OC)cc1. The Morgan fingerprint density at radius 1 is 1.07 bits per heavy atom. The van der Waals surface area contributed by atoms with Crippen LogP contribution in [0.5, 0.6) is 11.5 Å². The van der Waals surface area contributed by atoms with Gasteiger partial charge in [0.15, 0.2) is 0 Å². The van der Waals surface area contributed by atoms with Crippen LogP contribution in [0.15, 0.2) is 36.4 Å². The van der Waals surface area contributed by atoms with E-state index in [9.17, 15) is 9.59 Å². The van der Waals surface area contributed by atoms with Crippen molar-refractivity contribution in [3.05, 3.63) is 47.0 Å². The predicted molar refractivity (Wildman–Crippen MR) is 115 cm³/mol. The van der Waals surface area contributed by atoms with Crippen molar-refractivity contribution in [3.8, 4) is 11.5 Å². The third kappa shape index (κ3) is 6.65. The molecule has 0 unspecified atom stereocenters. The summed E-state index contributed by atoms with van der Waals surface area (Å²) in [7, 11) is 1.51. The molecule has 2 aromatic carbocycles. The molecule has 0 heterocycles. The summed E-state index contributed by atoms with van der Waals surface area (Å²) < 4.78 is 10.6. The number of anilines is 2. The van der Waals surface area contributed by atoms with Crippen molar-refractivity contribution in [1.82, 2.24) is 0 Å². The number of hydrogen-bond acceptors (Lipinski definition) is 5. The first kappa shape index (κ1) is 21.9. The summed E-state index contributed by atoms with van der Waals surface area (Å²) in [6, 6.07) is 10.5. The monoisotopic (exact) mass is 422 g/mol. The molecule has 0 radical (unpaired) electrons. The summed E-state index contributed by atoms with van der Waals surface area (Å²) in [4.78, 5) is 24.2. The molecule has 2 aromatic rings. The Morgan fingerprint density at radius 2 is 1.71 bits per heavy atom. The molecule has 0 aliphatic carbocycles. The van der Waals surface area contributed by atoms with Gasteiger partial charge in [0.25, 0.3) is 0 Å². The van der Waals surface area contributed by atoms with Crippen LogP contribution in [-0.4, -0.2) is 37.0 Å². The quantitative estimate of drug-likeness (QED) is 0.627. The number of amides is 2. The minimum Gasteiger partial charge on any atom is -0.495 e. The minimum atomic E-state index is -0.223. The van der Waals surface area contributed by atoms with Crippen LogP contribution in [0.25, 0.3) is 0 Å². The normalized spacial score (nSPS) is 10.3. The zero-order valence-corrected chi connectivity index (χ0v) is 17.6. The molecule has 2 rings (SSSR count). The Balaban J connectivity index is 1.79. The Bertz CT molecular complexity index is 828. The molecule has 2 N–H and O–H groups in total. The number of thioether (sulfide) groups is 1. The molecule has 150 valence electrons. The van der Waals surface area contributed by atoms with Gasteiger partial charge in [-0.2, -0.15) is 0 Å². The van der Waals surface area contributed by atoms with E-state index in [1.165, 1.54) is 18.9 Å². The van der Waals surface area contributed by atoms with E-state index in [-0.39, 0.29) is 23.3 Å². The molecule has 0 saturated heterocycles. The molecule has 0 aromatic heterocycles. The second kappa shape index (κ2) is 10.8. The maximum absolute atomic E-state index is 12.1. The lowest BCUT2D eigenvalue weighted by molar-refractivity contribution is -0.114. The predicted octanol–water partition coefficient (Wildman–Crippen LogP) is 4.37. The summed E-state index contributed by atoms with van der Waals surface area (Å²) in [6.45, 7) is 4.34. The van der Waals surface area contributed by atoms with Crippen molar-refractivity contribution >= 4 is 46.6 Å². The Labute approximate surface area is 173 Å². The highest BCUT2D eigenvalue weighted by atomic mass is 35.5. The van der Waals surface area contributed by atoms with E-state index >= 15 is 0 Å². The number of hydrogen-bond donors (Lipinski definition) is 2. The number of benzene rings is 2. The van der Waals surface area contributed by atoms with Gasteiger partial charge in [-0.05, 0) is 49.7 Å². The number of halogens is 1. The van der Waals surface area contributed by atoms with Gasteiger partial charge in [-0.15, -0.1) is 11.8 Å². The maximum Gasteiger partial charge on any atom is 0.234 e. The van der Waals surface area contributed by atoms with Crippen LogP contribution in [0.3, 0.4) is 0 Å². The Hall–Kier alpha value is -2.38. The average Bonchev–Trinajstić information content (AvgIpc) is 2.66. The third-order valence-corrected chi connectivity index (χ3v) is 5.01. The van der Waals surface area contributed by atoms with Crippen LogP contribution in [0.1, 0.15) is 12.5 Å². The van der Waals surface area contributed by atoms with E-state index in [0.29, 0.717) is 28.8 Å². The highest BCUT2D eigenvalue weighted by Crippen LogP contribution is 2.31. The molecular formula is C20H23ClN2O4S. The fraction of sp³-hybridized carbons (Fsp3) is 0.300. The van der Waals surface area contributed by atoms with E-state index in [1.54, 1.807) is 36.4 Å². The van der Waals surface area contributed by atoms with Gasteiger partial charge in [0.2, 0.25) is 11.8 Å². The molecule has 8 heteroatoms. The van der Waals surface area contributed by atoms with Crippen LogP contribution >= 0.6 is 23.4 Å². The standard InChI is InChI=1S/C20H23ClN2O4S/c1-4-27-15-7-5-14(6-8-15)22-19(24)11-28-12-20(25)23-17-9-13(2)16(21)10-18(17)26-3/h5-10H,4,11-12H2,1-3H3,(H,22,24)(H,23,25). The molecule has 0 spiro atoms. The highest BCUT2D eigenvalue weighted by Gasteiger charge is 2.11. The molecule has 6 nitrogen and oxygen atoms in total. The minimum absolute atomic E-state index is 0.140. The van der Waals surface area contributed by atoms with Crippen molar-refractivity contribution in [1.29, 1.82) is 0 Å².